The van der Waals surface area contributed by atoms with E-state index < -0.39 is 29.2 Å². The normalized spacial score (nSPS) is 18.7. The van der Waals surface area contributed by atoms with Crippen molar-refractivity contribution in [1.82, 2.24) is 0 Å². The fourth-order valence-corrected chi connectivity index (χ4v) is 3.42. The molecule has 0 unspecified atom stereocenters. The van der Waals surface area contributed by atoms with Crippen LogP contribution >= 0.6 is 0 Å². The van der Waals surface area contributed by atoms with Crippen LogP contribution in [0, 0.1) is 19.4 Å². The van der Waals surface area contributed by atoms with Crippen LogP contribution in [0.3, 0.4) is 0 Å². The molecule has 1 aliphatic heterocycles. The second kappa shape index (κ2) is 7.04. The molecule has 6 heteroatoms. The lowest BCUT2D eigenvalue weighted by Crippen LogP contribution is -2.45. The predicted molar refractivity (Wildman–Crippen MR) is 98.5 cm³/mol. The lowest BCUT2D eigenvalue weighted by Gasteiger charge is -2.24. The van der Waals surface area contributed by atoms with Gasteiger partial charge in [-0.15, -0.1) is 0 Å². The molecule has 0 radical (unpaired) electrons. The summed E-state index contributed by atoms with van der Waals surface area (Å²) >= 11 is 0. The number of amides is 2. The number of methoxy groups -OCH3 is 1. The predicted octanol–water partition coefficient (Wildman–Crippen LogP) is 2.86. The molecular weight excluding hydrogens is 344 g/mol. The Bertz CT molecular complexity index is 931. The minimum atomic E-state index is -1.90. The molecule has 1 fully saturated rings. The zero-order chi connectivity index (χ0) is 19.6. The molecule has 0 aliphatic carbocycles. The monoisotopic (exact) mass is 362 g/mol. The SMILES string of the molecule is [C-]#[N+][C@](C(=O)OC)(c1ccc(C)cc1)[C@@H]1CC(=O)N(c2ccccc2)C1=O. The molecule has 0 N–H and O–H groups in total. The highest BCUT2D eigenvalue weighted by Crippen LogP contribution is 2.43. The number of carbonyl (C=O) groups is 3. The summed E-state index contributed by atoms with van der Waals surface area (Å²) < 4.78 is 4.89. The van der Waals surface area contributed by atoms with Gasteiger partial charge in [-0.1, -0.05) is 48.0 Å². The summed E-state index contributed by atoms with van der Waals surface area (Å²) in [5.41, 5.74) is -0.195. The van der Waals surface area contributed by atoms with Gasteiger partial charge in [-0.3, -0.25) is 19.3 Å². The Morgan fingerprint density at radius 3 is 2.33 bits per heavy atom. The summed E-state index contributed by atoms with van der Waals surface area (Å²) in [4.78, 5) is 43.1. The molecule has 1 aliphatic rings. The molecule has 2 aromatic carbocycles. The molecule has 136 valence electrons. The van der Waals surface area contributed by atoms with Crippen LogP contribution in [-0.4, -0.2) is 24.9 Å². The van der Waals surface area contributed by atoms with Gasteiger partial charge >= 0.3 is 11.5 Å². The van der Waals surface area contributed by atoms with Crippen molar-refractivity contribution in [2.45, 2.75) is 18.9 Å². The van der Waals surface area contributed by atoms with Gasteiger partial charge in [0.15, 0.2) is 0 Å². The lowest BCUT2D eigenvalue weighted by molar-refractivity contribution is -0.149. The molecule has 0 saturated carbocycles. The van der Waals surface area contributed by atoms with Crippen LogP contribution in [0.4, 0.5) is 5.69 Å². The standard InChI is InChI=1S/C21H18N2O4/c1-14-9-11-15(12-10-14)21(22-2,20(26)27-3)17-13-18(24)23(19(17)25)16-7-5-4-6-8-16/h4-12,17H,13H2,1,3H3/t17-,21-/m1/s1. The van der Waals surface area contributed by atoms with Crippen molar-refractivity contribution in [2.75, 3.05) is 12.0 Å². The van der Waals surface area contributed by atoms with E-state index in [0.29, 0.717) is 11.3 Å². The lowest BCUT2D eigenvalue weighted by atomic mass is 9.77. The van der Waals surface area contributed by atoms with E-state index in [0.717, 1.165) is 10.5 Å². The third-order valence-corrected chi connectivity index (χ3v) is 4.83. The van der Waals surface area contributed by atoms with Crippen LogP contribution in [-0.2, 0) is 24.7 Å². The van der Waals surface area contributed by atoms with E-state index >= 15 is 0 Å². The third kappa shape index (κ3) is 2.87. The molecule has 0 aromatic heterocycles. The molecule has 1 saturated heterocycles. The molecule has 1 heterocycles. The largest absolute Gasteiger partial charge is 0.463 e. The first kappa shape index (κ1) is 18.3. The maximum Gasteiger partial charge on any atom is 0.399 e. The summed E-state index contributed by atoms with van der Waals surface area (Å²) in [5.74, 6) is -3.02. The highest BCUT2D eigenvalue weighted by atomic mass is 16.5. The van der Waals surface area contributed by atoms with E-state index in [4.69, 9.17) is 11.3 Å². The number of para-hydroxylation sites is 1. The van der Waals surface area contributed by atoms with Crippen molar-refractivity contribution in [3.05, 3.63) is 77.1 Å². The van der Waals surface area contributed by atoms with Gasteiger partial charge in [0.25, 0.3) is 0 Å². The summed E-state index contributed by atoms with van der Waals surface area (Å²) in [7, 11) is 1.17. The highest BCUT2D eigenvalue weighted by Gasteiger charge is 2.63. The van der Waals surface area contributed by atoms with Gasteiger partial charge < -0.3 is 4.74 Å². The van der Waals surface area contributed by atoms with Gasteiger partial charge in [0.1, 0.15) is 5.92 Å². The number of carbonyl (C=O) groups excluding carboxylic acids is 3. The van der Waals surface area contributed by atoms with Crippen molar-refractivity contribution in [1.29, 1.82) is 0 Å². The third-order valence-electron chi connectivity index (χ3n) is 4.83. The Kier molecular flexibility index (Phi) is 4.78. The molecular formula is C21H18N2O4. The van der Waals surface area contributed by atoms with Crippen LogP contribution in [0.5, 0.6) is 0 Å². The van der Waals surface area contributed by atoms with Gasteiger partial charge in [-0.2, -0.15) is 0 Å². The van der Waals surface area contributed by atoms with Crippen molar-refractivity contribution in [2.24, 2.45) is 5.92 Å². The quantitative estimate of drug-likeness (QED) is 0.476. The minimum Gasteiger partial charge on any atom is -0.463 e. The van der Waals surface area contributed by atoms with Gasteiger partial charge in [-0.25, -0.2) is 11.4 Å². The number of hydrogen-bond acceptors (Lipinski definition) is 4. The van der Waals surface area contributed by atoms with Gasteiger partial charge in [0.05, 0.1) is 12.8 Å². The van der Waals surface area contributed by atoms with Crippen molar-refractivity contribution in [3.8, 4) is 0 Å². The second-order valence-corrected chi connectivity index (χ2v) is 6.40. The second-order valence-electron chi connectivity index (χ2n) is 6.40. The van der Waals surface area contributed by atoms with E-state index in [1.807, 2.05) is 6.92 Å². The fourth-order valence-electron chi connectivity index (χ4n) is 3.42. The first-order valence-electron chi connectivity index (χ1n) is 8.41. The first-order chi connectivity index (χ1) is 13.0. The minimum absolute atomic E-state index is 0.237. The maximum atomic E-state index is 13.1. The van der Waals surface area contributed by atoms with E-state index in [1.54, 1.807) is 54.6 Å². The van der Waals surface area contributed by atoms with Crippen molar-refractivity contribution in [3.63, 3.8) is 0 Å². The fraction of sp³-hybridized carbons (Fsp3) is 0.238. The number of esters is 1. The average Bonchev–Trinajstić information content (AvgIpc) is 2.99. The summed E-state index contributed by atoms with van der Waals surface area (Å²) in [6.45, 7) is 9.64. The zero-order valence-electron chi connectivity index (χ0n) is 15.0. The molecule has 2 atom stereocenters. The number of aryl methyl sites for hydroxylation is 1. The molecule has 2 aromatic rings. The van der Waals surface area contributed by atoms with Crippen LogP contribution in [0.1, 0.15) is 17.5 Å². The molecule has 0 bridgehead atoms. The Morgan fingerprint density at radius 1 is 1.15 bits per heavy atom. The van der Waals surface area contributed by atoms with E-state index in [9.17, 15) is 14.4 Å². The van der Waals surface area contributed by atoms with E-state index in [2.05, 4.69) is 4.85 Å². The molecule has 3 rings (SSSR count). The van der Waals surface area contributed by atoms with Crippen LogP contribution in [0.25, 0.3) is 4.85 Å². The summed E-state index contributed by atoms with van der Waals surface area (Å²) in [6, 6.07) is 15.3. The van der Waals surface area contributed by atoms with Gasteiger partial charge in [-0.05, 0) is 19.1 Å². The first-order valence-corrected chi connectivity index (χ1v) is 8.41. The van der Waals surface area contributed by atoms with Gasteiger partial charge in [0.2, 0.25) is 11.8 Å². The number of nitrogens with zero attached hydrogens (tertiary/aromatic N) is 2. The number of imide groups is 1. The number of hydrogen-bond donors (Lipinski definition) is 0. The summed E-state index contributed by atoms with van der Waals surface area (Å²) in [5, 5.41) is 0. The Hall–Kier alpha value is -3.46. The highest BCUT2D eigenvalue weighted by molar-refractivity contribution is 6.22. The number of benzene rings is 2. The number of anilines is 1. The molecule has 2 amide bonds. The average molecular weight is 362 g/mol. The maximum absolute atomic E-state index is 13.1. The van der Waals surface area contributed by atoms with E-state index in [-0.39, 0.29) is 6.42 Å². The Morgan fingerprint density at radius 2 is 1.78 bits per heavy atom. The Balaban J connectivity index is 2.12. The zero-order valence-corrected chi connectivity index (χ0v) is 15.0. The topological polar surface area (TPSA) is 68.0 Å². The number of ether oxygens (including phenoxy) is 1. The molecule has 6 nitrogen and oxygen atoms in total. The Labute approximate surface area is 157 Å². The van der Waals surface area contributed by atoms with Crippen molar-refractivity contribution < 1.29 is 19.1 Å². The molecule has 27 heavy (non-hydrogen) atoms. The number of rotatable bonds is 4. The summed E-state index contributed by atoms with van der Waals surface area (Å²) in [6.07, 6.45) is -0.237. The smallest absolute Gasteiger partial charge is 0.399 e. The van der Waals surface area contributed by atoms with E-state index in [1.165, 1.54) is 7.11 Å². The van der Waals surface area contributed by atoms with Gasteiger partial charge in [0, 0.05) is 12.0 Å². The van der Waals surface area contributed by atoms with Crippen LogP contribution in [0.15, 0.2) is 54.6 Å². The van der Waals surface area contributed by atoms with Crippen LogP contribution < -0.4 is 4.90 Å². The molecule has 0 spiro atoms. The van der Waals surface area contributed by atoms with Crippen LogP contribution in [0.2, 0.25) is 0 Å². The van der Waals surface area contributed by atoms with Crippen molar-refractivity contribution >= 4 is 23.5 Å².